The number of amides is 2. The molecule has 24 heavy (non-hydrogen) atoms. The molecule has 0 saturated heterocycles. The second-order valence-corrected chi connectivity index (χ2v) is 7.96. The first kappa shape index (κ1) is 18.4. The normalized spacial score (nSPS) is 11.2. The predicted molar refractivity (Wildman–Crippen MR) is 96.3 cm³/mol. The number of carbonyl (C=O) groups is 1. The summed E-state index contributed by atoms with van der Waals surface area (Å²) >= 11 is 7.18. The van der Waals surface area contributed by atoms with Crippen molar-refractivity contribution >= 4 is 49.8 Å². The van der Waals surface area contributed by atoms with Crippen LogP contribution in [0.1, 0.15) is 12.6 Å². The molecule has 0 saturated carbocycles. The quantitative estimate of drug-likeness (QED) is 0.680. The summed E-state index contributed by atoms with van der Waals surface area (Å²) in [6, 6.07) is 1.23. The third-order valence-corrected chi connectivity index (χ3v) is 4.76. The van der Waals surface area contributed by atoms with Crippen molar-refractivity contribution in [2.75, 3.05) is 22.8 Å². The number of halogens is 1. The molecule has 0 unspecified atom stereocenters. The summed E-state index contributed by atoms with van der Waals surface area (Å²) in [4.78, 5) is 20.6. The van der Waals surface area contributed by atoms with E-state index in [-0.39, 0.29) is 16.9 Å². The van der Waals surface area contributed by atoms with Crippen molar-refractivity contribution in [3.8, 4) is 10.4 Å². The van der Waals surface area contributed by atoms with Crippen LogP contribution in [-0.4, -0.2) is 37.2 Å². The standard InChI is InChI=1S/C13H16ClN5O3S2/c1-4-15-12(20)18-13-17-7(2)10(23-13)8-5-9(11(14)16-6-8)19-24(3,21)22/h5-6,19H,4H2,1-3H3,(H2,15,17,18,20). The molecule has 0 fully saturated rings. The summed E-state index contributed by atoms with van der Waals surface area (Å²) in [6.07, 6.45) is 2.55. The number of anilines is 2. The number of aromatic nitrogens is 2. The predicted octanol–water partition coefficient (Wildman–Crippen LogP) is 2.68. The smallest absolute Gasteiger partial charge is 0.321 e. The summed E-state index contributed by atoms with van der Waals surface area (Å²) in [5.41, 5.74) is 1.51. The van der Waals surface area contributed by atoms with Gasteiger partial charge in [-0.1, -0.05) is 22.9 Å². The van der Waals surface area contributed by atoms with Crippen molar-refractivity contribution in [3.05, 3.63) is 23.1 Å². The zero-order valence-electron chi connectivity index (χ0n) is 13.2. The monoisotopic (exact) mass is 389 g/mol. The average Bonchev–Trinajstić information content (AvgIpc) is 2.80. The van der Waals surface area contributed by atoms with Crippen molar-refractivity contribution in [2.45, 2.75) is 13.8 Å². The Kier molecular flexibility index (Phi) is 5.62. The van der Waals surface area contributed by atoms with E-state index < -0.39 is 10.0 Å². The number of rotatable bonds is 5. The minimum absolute atomic E-state index is 0.0482. The number of pyridine rings is 1. The van der Waals surface area contributed by atoms with Gasteiger partial charge in [-0.15, -0.1) is 0 Å². The Hall–Kier alpha value is -1.91. The third kappa shape index (κ3) is 4.79. The van der Waals surface area contributed by atoms with Crippen LogP contribution in [0.25, 0.3) is 10.4 Å². The fraction of sp³-hybridized carbons (Fsp3) is 0.308. The van der Waals surface area contributed by atoms with E-state index >= 15 is 0 Å². The van der Waals surface area contributed by atoms with E-state index in [0.29, 0.717) is 22.9 Å². The van der Waals surface area contributed by atoms with Gasteiger partial charge in [0.05, 0.1) is 22.5 Å². The number of nitrogens with one attached hydrogen (secondary N) is 3. The number of hydrogen-bond acceptors (Lipinski definition) is 6. The molecule has 130 valence electrons. The van der Waals surface area contributed by atoms with Gasteiger partial charge in [-0.3, -0.25) is 10.0 Å². The molecule has 0 radical (unpaired) electrons. The molecule has 2 rings (SSSR count). The lowest BCUT2D eigenvalue weighted by Gasteiger charge is -2.07. The highest BCUT2D eigenvalue weighted by molar-refractivity contribution is 7.92. The molecule has 3 N–H and O–H groups in total. The number of aryl methyl sites for hydroxylation is 1. The SMILES string of the molecule is CCNC(=O)Nc1nc(C)c(-c2cnc(Cl)c(NS(C)(=O)=O)c2)s1. The Labute approximate surface area is 148 Å². The molecule has 2 aromatic rings. The van der Waals surface area contributed by atoms with Crippen molar-refractivity contribution in [2.24, 2.45) is 0 Å². The molecule has 0 atom stereocenters. The molecular weight excluding hydrogens is 374 g/mol. The Morgan fingerprint density at radius 2 is 2.12 bits per heavy atom. The maximum Gasteiger partial charge on any atom is 0.321 e. The van der Waals surface area contributed by atoms with Crippen molar-refractivity contribution in [1.29, 1.82) is 0 Å². The molecule has 2 amide bonds. The molecule has 0 aromatic carbocycles. The molecule has 11 heteroatoms. The van der Waals surface area contributed by atoms with Gasteiger partial charge in [0.1, 0.15) is 0 Å². The molecule has 0 bridgehead atoms. The van der Waals surface area contributed by atoms with Gasteiger partial charge in [0.25, 0.3) is 0 Å². The van der Waals surface area contributed by atoms with Crippen LogP contribution in [0.15, 0.2) is 12.3 Å². The van der Waals surface area contributed by atoms with Crippen molar-refractivity contribution < 1.29 is 13.2 Å². The van der Waals surface area contributed by atoms with E-state index in [9.17, 15) is 13.2 Å². The minimum atomic E-state index is -3.48. The molecule has 2 heterocycles. The zero-order valence-corrected chi connectivity index (χ0v) is 15.6. The number of urea groups is 1. The maximum atomic E-state index is 11.6. The number of nitrogens with zero attached hydrogens (tertiary/aromatic N) is 2. The number of sulfonamides is 1. The van der Waals surface area contributed by atoms with Gasteiger partial charge in [-0.05, 0) is 19.9 Å². The molecule has 0 spiro atoms. The lowest BCUT2D eigenvalue weighted by Crippen LogP contribution is -2.28. The van der Waals surface area contributed by atoms with Crippen molar-refractivity contribution in [1.82, 2.24) is 15.3 Å². The van der Waals surface area contributed by atoms with Crippen LogP contribution in [0.5, 0.6) is 0 Å². The second kappa shape index (κ2) is 7.32. The van der Waals surface area contributed by atoms with E-state index in [0.717, 1.165) is 11.1 Å². The van der Waals surface area contributed by atoms with E-state index in [1.165, 1.54) is 17.5 Å². The van der Waals surface area contributed by atoms with Gasteiger partial charge in [-0.25, -0.2) is 23.2 Å². The molecule has 2 aromatic heterocycles. The highest BCUT2D eigenvalue weighted by atomic mass is 35.5. The number of hydrogen-bond donors (Lipinski definition) is 3. The first-order chi connectivity index (χ1) is 11.2. The van der Waals surface area contributed by atoms with E-state index in [2.05, 4.69) is 25.3 Å². The van der Waals surface area contributed by atoms with Crippen LogP contribution < -0.4 is 15.4 Å². The van der Waals surface area contributed by atoms with Gasteiger partial charge in [0, 0.05) is 18.3 Å². The largest absolute Gasteiger partial charge is 0.338 e. The Balaban J connectivity index is 2.33. The second-order valence-electron chi connectivity index (χ2n) is 4.85. The first-order valence-corrected chi connectivity index (χ1v) is 9.94. The molecule has 8 nitrogen and oxygen atoms in total. The van der Waals surface area contributed by atoms with Gasteiger partial charge < -0.3 is 5.32 Å². The van der Waals surface area contributed by atoms with Crippen LogP contribution in [0, 0.1) is 6.92 Å². The molecule has 0 aliphatic rings. The zero-order chi connectivity index (χ0) is 17.9. The maximum absolute atomic E-state index is 11.6. The Morgan fingerprint density at radius 1 is 1.42 bits per heavy atom. The number of thiazole rings is 1. The highest BCUT2D eigenvalue weighted by Gasteiger charge is 2.15. The van der Waals surface area contributed by atoms with E-state index in [1.54, 1.807) is 13.0 Å². The van der Waals surface area contributed by atoms with E-state index in [4.69, 9.17) is 11.6 Å². The van der Waals surface area contributed by atoms with Gasteiger partial charge in [-0.2, -0.15) is 0 Å². The minimum Gasteiger partial charge on any atom is -0.338 e. The van der Waals surface area contributed by atoms with Gasteiger partial charge >= 0.3 is 6.03 Å². The van der Waals surface area contributed by atoms with Crippen LogP contribution in [0.2, 0.25) is 5.15 Å². The van der Waals surface area contributed by atoms with Crippen LogP contribution in [0.4, 0.5) is 15.6 Å². The summed E-state index contributed by atoms with van der Waals surface area (Å²) in [5.74, 6) is 0. The number of carbonyl (C=O) groups excluding carboxylic acids is 1. The average molecular weight is 390 g/mol. The third-order valence-electron chi connectivity index (χ3n) is 2.75. The Bertz CT molecular complexity index is 866. The fourth-order valence-electron chi connectivity index (χ4n) is 1.86. The molecular formula is C13H16ClN5O3S2. The van der Waals surface area contributed by atoms with Gasteiger partial charge in [0.2, 0.25) is 10.0 Å². The summed E-state index contributed by atoms with van der Waals surface area (Å²) < 4.78 is 25.1. The Morgan fingerprint density at radius 3 is 2.75 bits per heavy atom. The lowest BCUT2D eigenvalue weighted by atomic mass is 10.2. The fourth-order valence-corrected chi connectivity index (χ4v) is 3.57. The van der Waals surface area contributed by atoms with Gasteiger partial charge in [0.15, 0.2) is 10.3 Å². The van der Waals surface area contributed by atoms with Crippen LogP contribution in [0.3, 0.4) is 0 Å². The lowest BCUT2D eigenvalue weighted by molar-refractivity contribution is 0.252. The first-order valence-electron chi connectivity index (χ1n) is 6.85. The molecule has 0 aliphatic heterocycles. The summed E-state index contributed by atoms with van der Waals surface area (Å²) in [7, 11) is -3.48. The van der Waals surface area contributed by atoms with E-state index in [1.807, 2.05) is 6.92 Å². The van der Waals surface area contributed by atoms with Crippen molar-refractivity contribution in [3.63, 3.8) is 0 Å². The summed E-state index contributed by atoms with van der Waals surface area (Å²) in [6.45, 7) is 4.10. The molecule has 0 aliphatic carbocycles. The van der Waals surface area contributed by atoms with Crippen LogP contribution >= 0.6 is 22.9 Å². The topological polar surface area (TPSA) is 113 Å². The summed E-state index contributed by atoms with van der Waals surface area (Å²) in [5, 5.41) is 5.73. The van der Waals surface area contributed by atoms with Crippen LogP contribution in [-0.2, 0) is 10.0 Å². The highest BCUT2D eigenvalue weighted by Crippen LogP contribution is 2.35.